The number of nitrogens with one attached hydrogen (secondary N) is 1. The first kappa shape index (κ1) is 14.3. The fourth-order valence-electron chi connectivity index (χ4n) is 2.23. The normalized spacial score (nSPS) is 11.9. The summed E-state index contributed by atoms with van der Waals surface area (Å²) in [6.45, 7) is 4.05. The second-order valence-corrected chi connectivity index (χ2v) is 4.99. The van der Waals surface area contributed by atoms with Crippen LogP contribution in [0.3, 0.4) is 0 Å². The number of hydrogen-bond acceptors (Lipinski definition) is 2. The van der Waals surface area contributed by atoms with E-state index in [1.807, 2.05) is 31.2 Å². The predicted molar refractivity (Wildman–Crippen MR) is 82.0 cm³/mol. The Morgan fingerprint density at radius 2 is 1.95 bits per heavy atom. The first-order chi connectivity index (χ1) is 9.58. The molecular weight excluding hydrogens is 248 g/mol. The lowest BCUT2D eigenvalue weighted by Crippen LogP contribution is -2.18. The topological polar surface area (TPSA) is 55.1 Å². The van der Waals surface area contributed by atoms with E-state index < -0.39 is 0 Å². The Hall–Kier alpha value is -2.13. The van der Waals surface area contributed by atoms with E-state index in [2.05, 4.69) is 29.6 Å². The summed E-state index contributed by atoms with van der Waals surface area (Å²) in [6, 6.07) is 16.3. The maximum atomic E-state index is 11.0. The summed E-state index contributed by atoms with van der Waals surface area (Å²) in [5.74, 6) is -0.0219. The van der Waals surface area contributed by atoms with E-state index in [1.165, 1.54) is 6.92 Å². The van der Waals surface area contributed by atoms with Crippen molar-refractivity contribution in [2.45, 2.75) is 26.4 Å². The molecule has 3 nitrogen and oxygen atoms in total. The molecule has 0 fully saturated rings. The number of amides is 1. The van der Waals surface area contributed by atoms with Crippen molar-refractivity contribution in [1.82, 2.24) is 5.32 Å². The number of rotatable bonds is 4. The molecule has 0 heterocycles. The van der Waals surface area contributed by atoms with Crippen LogP contribution in [0.25, 0.3) is 11.1 Å². The minimum atomic E-state index is -0.0219. The third-order valence-electron chi connectivity index (χ3n) is 3.23. The Labute approximate surface area is 119 Å². The number of nitrogens with two attached hydrogens (primary N) is 1. The smallest absolute Gasteiger partial charge is 0.217 e. The van der Waals surface area contributed by atoms with E-state index >= 15 is 0 Å². The summed E-state index contributed by atoms with van der Waals surface area (Å²) >= 11 is 0. The minimum absolute atomic E-state index is 0.00907. The van der Waals surface area contributed by atoms with Gasteiger partial charge in [-0.3, -0.25) is 4.79 Å². The van der Waals surface area contributed by atoms with Gasteiger partial charge in [0.25, 0.3) is 0 Å². The SMILES string of the molecule is CC(=O)NCc1cccc(-c2ccccc2C(C)N)c1. The first-order valence-corrected chi connectivity index (χ1v) is 6.76. The highest BCUT2D eigenvalue weighted by Gasteiger charge is 2.08. The number of carbonyl (C=O) groups excluding carboxylic acids is 1. The van der Waals surface area contributed by atoms with E-state index in [9.17, 15) is 4.79 Å². The standard InChI is InChI=1S/C17H20N2O/c1-12(18)16-8-3-4-9-17(16)15-7-5-6-14(10-15)11-19-13(2)20/h3-10,12H,11,18H2,1-2H3,(H,19,20). The van der Waals surface area contributed by atoms with Gasteiger partial charge in [-0.15, -0.1) is 0 Å². The Morgan fingerprint density at radius 1 is 1.20 bits per heavy atom. The Kier molecular flexibility index (Phi) is 4.53. The molecule has 0 saturated heterocycles. The van der Waals surface area contributed by atoms with Crippen LogP contribution < -0.4 is 11.1 Å². The second-order valence-electron chi connectivity index (χ2n) is 4.99. The molecule has 0 bridgehead atoms. The van der Waals surface area contributed by atoms with Crippen molar-refractivity contribution in [3.05, 3.63) is 59.7 Å². The Bertz CT molecular complexity index is 605. The van der Waals surface area contributed by atoms with Crippen LogP contribution in [0.15, 0.2) is 48.5 Å². The van der Waals surface area contributed by atoms with Crippen LogP contribution in [0.2, 0.25) is 0 Å². The van der Waals surface area contributed by atoms with Crippen molar-refractivity contribution >= 4 is 5.91 Å². The van der Waals surface area contributed by atoms with Gasteiger partial charge in [0.2, 0.25) is 5.91 Å². The molecule has 0 saturated carbocycles. The van der Waals surface area contributed by atoms with Crippen LogP contribution in [0.4, 0.5) is 0 Å². The molecule has 1 atom stereocenters. The average Bonchev–Trinajstić information content (AvgIpc) is 2.45. The van der Waals surface area contributed by atoms with E-state index in [0.29, 0.717) is 6.54 Å². The van der Waals surface area contributed by atoms with Gasteiger partial charge in [0.1, 0.15) is 0 Å². The van der Waals surface area contributed by atoms with Gasteiger partial charge in [-0.25, -0.2) is 0 Å². The lowest BCUT2D eigenvalue weighted by Gasteiger charge is -2.13. The number of carbonyl (C=O) groups is 1. The maximum Gasteiger partial charge on any atom is 0.217 e. The molecule has 2 aromatic rings. The third kappa shape index (κ3) is 3.45. The highest BCUT2D eigenvalue weighted by Crippen LogP contribution is 2.27. The summed E-state index contributed by atoms with van der Waals surface area (Å²) in [6.07, 6.45) is 0. The zero-order chi connectivity index (χ0) is 14.5. The summed E-state index contributed by atoms with van der Waals surface area (Å²) in [7, 11) is 0. The molecule has 0 radical (unpaired) electrons. The largest absolute Gasteiger partial charge is 0.352 e. The molecule has 0 aromatic heterocycles. The van der Waals surface area contributed by atoms with Crippen LogP contribution in [0.5, 0.6) is 0 Å². The summed E-state index contributed by atoms with van der Waals surface area (Å²) in [5.41, 5.74) is 10.5. The van der Waals surface area contributed by atoms with E-state index in [-0.39, 0.29) is 11.9 Å². The Morgan fingerprint density at radius 3 is 2.65 bits per heavy atom. The van der Waals surface area contributed by atoms with E-state index in [0.717, 1.165) is 22.3 Å². The van der Waals surface area contributed by atoms with Gasteiger partial charge in [-0.05, 0) is 35.2 Å². The predicted octanol–water partition coefficient (Wildman–Crippen LogP) is 3.01. The molecule has 0 aliphatic carbocycles. The molecular formula is C17H20N2O. The van der Waals surface area contributed by atoms with Crippen LogP contribution >= 0.6 is 0 Å². The highest BCUT2D eigenvalue weighted by atomic mass is 16.1. The highest BCUT2D eigenvalue weighted by molar-refractivity contribution is 5.73. The lowest BCUT2D eigenvalue weighted by molar-refractivity contribution is -0.119. The van der Waals surface area contributed by atoms with Gasteiger partial charge in [0.15, 0.2) is 0 Å². The summed E-state index contributed by atoms with van der Waals surface area (Å²) in [4.78, 5) is 11.0. The summed E-state index contributed by atoms with van der Waals surface area (Å²) < 4.78 is 0. The fraction of sp³-hybridized carbons (Fsp3) is 0.235. The zero-order valence-corrected chi connectivity index (χ0v) is 11.9. The van der Waals surface area contributed by atoms with Gasteiger partial charge in [-0.1, -0.05) is 42.5 Å². The molecule has 2 aromatic carbocycles. The molecule has 0 spiro atoms. The van der Waals surface area contributed by atoms with Crippen molar-refractivity contribution in [3.63, 3.8) is 0 Å². The van der Waals surface area contributed by atoms with Crippen molar-refractivity contribution in [2.75, 3.05) is 0 Å². The third-order valence-corrected chi connectivity index (χ3v) is 3.23. The van der Waals surface area contributed by atoms with Crippen molar-refractivity contribution < 1.29 is 4.79 Å². The summed E-state index contributed by atoms with van der Waals surface area (Å²) in [5, 5.41) is 2.81. The lowest BCUT2D eigenvalue weighted by atomic mass is 9.95. The molecule has 104 valence electrons. The maximum absolute atomic E-state index is 11.0. The monoisotopic (exact) mass is 268 g/mol. The zero-order valence-electron chi connectivity index (χ0n) is 11.9. The van der Waals surface area contributed by atoms with E-state index in [1.54, 1.807) is 0 Å². The van der Waals surface area contributed by atoms with Crippen LogP contribution in [0.1, 0.15) is 31.0 Å². The van der Waals surface area contributed by atoms with Crippen molar-refractivity contribution in [2.24, 2.45) is 5.73 Å². The molecule has 2 rings (SSSR count). The number of hydrogen-bond donors (Lipinski definition) is 2. The number of benzene rings is 2. The Balaban J connectivity index is 2.33. The van der Waals surface area contributed by atoms with Gasteiger partial charge < -0.3 is 11.1 Å². The molecule has 3 N–H and O–H groups in total. The van der Waals surface area contributed by atoms with Crippen molar-refractivity contribution in [1.29, 1.82) is 0 Å². The van der Waals surface area contributed by atoms with Crippen molar-refractivity contribution in [3.8, 4) is 11.1 Å². The van der Waals surface area contributed by atoms with Gasteiger partial charge >= 0.3 is 0 Å². The van der Waals surface area contributed by atoms with Gasteiger partial charge in [-0.2, -0.15) is 0 Å². The molecule has 0 aliphatic rings. The molecule has 1 unspecified atom stereocenters. The van der Waals surface area contributed by atoms with Crippen LogP contribution in [-0.4, -0.2) is 5.91 Å². The quantitative estimate of drug-likeness (QED) is 0.895. The average molecular weight is 268 g/mol. The first-order valence-electron chi connectivity index (χ1n) is 6.76. The van der Waals surface area contributed by atoms with Gasteiger partial charge in [0, 0.05) is 19.5 Å². The molecule has 20 heavy (non-hydrogen) atoms. The minimum Gasteiger partial charge on any atom is -0.352 e. The van der Waals surface area contributed by atoms with Crippen LogP contribution in [0, 0.1) is 0 Å². The molecule has 3 heteroatoms. The second kappa shape index (κ2) is 6.35. The fourth-order valence-corrected chi connectivity index (χ4v) is 2.23. The molecule has 1 amide bonds. The van der Waals surface area contributed by atoms with E-state index in [4.69, 9.17) is 5.73 Å². The molecule has 0 aliphatic heterocycles. The van der Waals surface area contributed by atoms with Crippen LogP contribution in [-0.2, 0) is 11.3 Å². The van der Waals surface area contributed by atoms with Gasteiger partial charge in [0.05, 0.1) is 0 Å².